The second-order valence-electron chi connectivity index (χ2n) is 12.8. The highest BCUT2D eigenvalue weighted by Crippen LogP contribution is 2.36. The van der Waals surface area contributed by atoms with E-state index in [1.165, 1.54) is 16.2 Å². The topological polar surface area (TPSA) is 122 Å². The lowest BCUT2D eigenvalue weighted by atomic mass is 9.82. The van der Waals surface area contributed by atoms with Crippen molar-refractivity contribution in [2.75, 3.05) is 40.9 Å². The second kappa shape index (κ2) is 21.7. The number of nitrogens with zero attached hydrogens (tertiary/aromatic N) is 2. The average molecular weight is 667 g/mol. The van der Waals surface area contributed by atoms with E-state index in [1.54, 1.807) is 14.1 Å². The number of aliphatic hydroxyl groups is 2. The van der Waals surface area contributed by atoms with Crippen LogP contribution < -0.4 is 10.6 Å². The number of carbonyl (C=O) groups is 3. The van der Waals surface area contributed by atoms with Crippen molar-refractivity contribution in [1.82, 2.24) is 20.4 Å². The Hall–Kier alpha value is -3.14. The van der Waals surface area contributed by atoms with E-state index in [1.807, 2.05) is 30.3 Å². The standard InChI is InChI=1S/C34H51FN4O5.CH2F2/c1-4-11-28(34(44)37-29(21-25-14-9-6-10-15-25)32(42)31(41)26-16-17-26)36-33(43)27(20-24-12-7-5-8-13-24)22-30(40)39(3)19-18-38(2)23-35;2-1-3/h1,5,7-8,12-13,25-29,31-32,41-42H,6,9-11,14-23H2,2-3H3,(H,36,43)(H,37,44);1H2/t27?,28-,29?,31?,32?;/m0./s1. The lowest BCUT2D eigenvalue weighted by Gasteiger charge is -2.33. The Bertz CT molecular complexity index is 1110. The summed E-state index contributed by atoms with van der Waals surface area (Å²) < 4.78 is 32.1. The van der Waals surface area contributed by atoms with Crippen molar-refractivity contribution in [1.29, 1.82) is 0 Å². The minimum atomic E-state index is -1.75. The zero-order chi connectivity index (χ0) is 34.8. The van der Waals surface area contributed by atoms with Crippen LogP contribution >= 0.6 is 0 Å². The number of hydrogen-bond acceptors (Lipinski definition) is 6. The summed E-state index contributed by atoms with van der Waals surface area (Å²) in [7, 11) is 3.24. The van der Waals surface area contributed by atoms with Crippen LogP contribution in [0.15, 0.2) is 30.3 Å². The number of rotatable bonds is 18. The summed E-state index contributed by atoms with van der Waals surface area (Å²) in [6.45, 7) is -1.72. The molecule has 2 aliphatic rings. The number of aliphatic hydroxyl groups excluding tert-OH is 2. The number of halogens is 3. The predicted molar refractivity (Wildman–Crippen MR) is 175 cm³/mol. The number of terminal acetylenes is 1. The lowest BCUT2D eigenvalue weighted by Crippen LogP contribution is -2.56. The monoisotopic (exact) mass is 666 g/mol. The third-order valence-corrected chi connectivity index (χ3v) is 9.03. The maximum Gasteiger partial charge on any atom is 0.243 e. The molecule has 0 heterocycles. The van der Waals surface area contributed by atoms with Crippen LogP contribution in [0.25, 0.3) is 0 Å². The fourth-order valence-corrected chi connectivity index (χ4v) is 5.95. The molecule has 1 aromatic carbocycles. The van der Waals surface area contributed by atoms with E-state index in [0.29, 0.717) is 25.4 Å². The van der Waals surface area contributed by atoms with Crippen molar-refractivity contribution in [3.63, 3.8) is 0 Å². The van der Waals surface area contributed by atoms with Crippen molar-refractivity contribution in [2.45, 2.75) is 94.9 Å². The minimum absolute atomic E-state index is 0.0313. The molecule has 0 bridgehead atoms. The molecular formula is C35H53F3N4O5. The minimum Gasteiger partial charge on any atom is -0.390 e. The van der Waals surface area contributed by atoms with E-state index in [0.717, 1.165) is 44.1 Å². The molecule has 12 heteroatoms. The van der Waals surface area contributed by atoms with Crippen molar-refractivity contribution >= 4 is 17.7 Å². The van der Waals surface area contributed by atoms with Crippen molar-refractivity contribution in [3.8, 4) is 12.3 Å². The zero-order valence-electron chi connectivity index (χ0n) is 27.8. The second-order valence-corrected chi connectivity index (χ2v) is 12.8. The van der Waals surface area contributed by atoms with Crippen LogP contribution in [-0.2, 0) is 20.8 Å². The Balaban J connectivity index is 0.00000246. The SMILES string of the molecule is C#CC[C@H](NC(=O)C(CC(=O)N(C)CCN(C)CF)Cc1ccccc1)C(=O)NC(CC1CCCCC1)C(O)C(O)C1CC1.FCF. The van der Waals surface area contributed by atoms with Crippen LogP contribution in [0.2, 0.25) is 0 Å². The van der Waals surface area contributed by atoms with Crippen molar-refractivity contribution in [2.24, 2.45) is 17.8 Å². The summed E-state index contributed by atoms with van der Waals surface area (Å²) in [6, 6.07) is 7.58. The molecule has 2 saturated carbocycles. The van der Waals surface area contributed by atoms with Crippen LogP contribution in [0.1, 0.15) is 69.8 Å². The zero-order valence-corrected chi connectivity index (χ0v) is 27.8. The smallest absolute Gasteiger partial charge is 0.243 e. The van der Waals surface area contributed by atoms with Gasteiger partial charge in [-0.1, -0.05) is 62.4 Å². The van der Waals surface area contributed by atoms with E-state index in [-0.39, 0.29) is 31.1 Å². The number of hydrogen-bond donors (Lipinski definition) is 4. The van der Waals surface area contributed by atoms with Crippen molar-refractivity contribution in [3.05, 3.63) is 35.9 Å². The highest BCUT2D eigenvalue weighted by atomic mass is 19.3. The summed E-state index contributed by atoms with van der Waals surface area (Å²) in [5.74, 6) is 0.793. The molecule has 4 N–H and O–H groups in total. The molecule has 5 atom stereocenters. The van der Waals surface area contributed by atoms with Gasteiger partial charge in [0, 0.05) is 33.0 Å². The van der Waals surface area contributed by atoms with Gasteiger partial charge in [0.25, 0.3) is 0 Å². The van der Waals surface area contributed by atoms with Gasteiger partial charge in [0.15, 0.2) is 0 Å². The van der Waals surface area contributed by atoms with E-state index < -0.39 is 55.8 Å². The molecule has 0 saturated heterocycles. The molecule has 3 amide bonds. The summed E-state index contributed by atoms with van der Waals surface area (Å²) >= 11 is 0. The molecule has 9 nitrogen and oxygen atoms in total. The number of amides is 3. The number of benzene rings is 1. The molecule has 0 aliphatic heterocycles. The normalized spacial score (nSPS) is 18.0. The molecule has 0 radical (unpaired) electrons. The molecule has 1 aromatic rings. The summed E-state index contributed by atoms with van der Waals surface area (Å²) in [6.07, 6.45) is 11.3. The van der Waals surface area contributed by atoms with Gasteiger partial charge in [-0.3, -0.25) is 19.3 Å². The third kappa shape index (κ3) is 14.7. The van der Waals surface area contributed by atoms with Gasteiger partial charge < -0.3 is 25.7 Å². The first-order valence-electron chi connectivity index (χ1n) is 16.6. The van der Waals surface area contributed by atoms with Gasteiger partial charge in [-0.15, -0.1) is 12.3 Å². The first-order chi connectivity index (χ1) is 22.5. The van der Waals surface area contributed by atoms with Crippen LogP contribution in [0.5, 0.6) is 0 Å². The Labute approximate surface area is 277 Å². The van der Waals surface area contributed by atoms with Crippen LogP contribution in [0, 0.1) is 30.1 Å². The maximum atomic E-state index is 13.7. The molecule has 3 rings (SSSR count). The summed E-state index contributed by atoms with van der Waals surface area (Å²) in [5.41, 5.74) is 0.864. The van der Waals surface area contributed by atoms with E-state index >= 15 is 0 Å². The molecule has 2 aliphatic carbocycles. The molecule has 4 unspecified atom stereocenters. The highest BCUT2D eigenvalue weighted by molar-refractivity contribution is 5.91. The molecule has 264 valence electrons. The molecule has 0 aromatic heterocycles. The fraction of sp³-hybridized carbons (Fsp3) is 0.686. The van der Waals surface area contributed by atoms with Crippen LogP contribution in [-0.4, -0.2) is 103 Å². The average Bonchev–Trinajstić information content (AvgIpc) is 3.92. The molecule has 0 spiro atoms. The highest BCUT2D eigenvalue weighted by Gasteiger charge is 2.40. The van der Waals surface area contributed by atoms with E-state index in [9.17, 15) is 37.8 Å². The van der Waals surface area contributed by atoms with E-state index in [4.69, 9.17) is 6.42 Å². The largest absolute Gasteiger partial charge is 0.390 e. The Morgan fingerprint density at radius 2 is 1.60 bits per heavy atom. The van der Waals surface area contributed by atoms with Gasteiger partial charge in [0.05, 0.1) is 18.1 Å². The molecular weight excluding hydrogens is 613 g/mol. The number of alkyl halides is 3. The van der Waals surface area contributed by atoms with Crippen LogP contribution in [0.3, 0.4) is 0 Å². The number of nitrogens with one attached hydrogen (secondary N) is 2. The Morgan fingerprint density at radius 3 is 2.17 bits per heavy atom. The first kappa shape index (κ1) is 40.0. The summed E-state index contributed by atoms with van der Waals surface area (Å²) in [4.78, 5) is 43.3. The number of likely N-dealkylation sites (N-methyl/N-ethyl adjacent to an activating group) is 2. The molecule has 2 fully saturated rings. The Kier molecular flexibility index (Phi) is 18.5. The third-order valence-electron chi connectivity index (χ3n) is 9.03. The van der Waals surface area contributed by atoms with Crippen molar-refractivity contribution < 1.29 is 37.8 Å². The van der Waals surface area contributed by atoms with E-state index in [2.05, 4.69) is 16.6 Å². The van der Waals surface area contributed by atoms with Gasteiger partial charge in [0.1, 0.15) is 18.9 Å². The van der Waals surface area contributed by atoms with Crippen LogP contribution in [0.4, 0.5) is 13.2 Å². The lowest BCUT2D eigenvalue weighted by molar-refractivity contribution is -0.137. The first-order valence-corrected chi connectivity index (χ1v) is 16.6. The maximum absolute atomic E-state index is 13.7. The van der Waals surface area contributed by atoms with Gasteiger partial charge in [-0.25, -0.2) is 13.2 Å². The van der Waals surface area contributed by atoms with Gasteiger partial charge in [-0.2, -0.15) is 0 Å². The number of carbonyl (C=O) groups excluding carboxylic acids is 3. The van der Waals surface area contributed by atoms with Gasteiger partial charge in [0.2, 0.25) is 24.6 Å². The quantitative estimate of drug-likeness (QED) is 0.141. The van der Waals surface area contributed by atoms with Gasteiger partial charge >= 0.3 is 0 Å². The molecule has 47 heavy (non-hydrogen) atoms. The summed E-state index contributed by atoms with van der Waals surface area (Å²) in [5, 5.41) is 27.5. The predicted octanol–water partition coefficient (Wildman–Crippen LogP) is 3.53. The Morgan fingerprint density at radius 1 is 0.957 bits per heavy atom. The van der Waals surface area contributed by atoms with Gasteiger partial charge in [-0.05, 0) is 50.1 Å². The fourth-order valence-electron chi connectivity index (χ4n) is 5.95.